The molecular weight excluding hydrogens is 398 g/mol. The average molecular weight is 432 g/mol. The first-order chi connectivity index (χ1) is 13.4. The van der Waals surface area contributed by atoms with Crippen LogP contribution in [0.5, 0.6) is 0 Å². The first-order valence-corrected chi connectivity index (χ1v) is 12.4. The third-order valence-corrected chi connectivity index (χ3v) is 6.94. The lowest BCUT2D eigenvalue weighted by molar-refractivity contribution is 0.0200. The lowest BCUT2D eigenvalue weighted by Gasteiger charge is -2.22. The molecule has 0 aliphatic carbocycles. The molecular formula is C18H33N5O3S2. The molecule has 0 aromatic carbocycles. The standard InChI is InChI=1S/C18H33N5O3S2/c1-4-19-18(20-9-8-17-23-14(2)15(3)27-17)21-10-12-28(24,25)22-13-16-7-5-6-11-26-16/h16,22H,4-13H2,1-3H3,(H2,19,20,21). The highest BCUT2D eigenvalue weighted by molar-refractivity contribution is 7.89. The minimum atomic E-state index is -3.36. The van der Waals surface area contributed by atoms with Crippen molar-refractivity contribution in [2.45, 2.75) is 52.6 Å². The van der Waals surface area contributed by atoms with Gasteiger partial charge in [0, 0.05) is 37.5 Å². The molecule has 160 valence electrons. The second kappa shape index (κ2) is 11.7. The Morgan fingerprint density at radius 3 is 2.79 bits per heavy atom. The number of aromatic nitrogens is 1. The molecule has 0 spiro atoms. The summed E-state index contributed by atoms with van der Waals surface area (Å²) in [6.45, 7) is 8.74. The van der Waals surface area contributed by atoms with Crippen LogP contribution in [0.4, 0.5) is 0 Å². The highest BCUT2D eigenvalue weighted by atomic mass is 32.2. The molecule has 2 rings (SSSR count). The van der Waals surface area contributed by atoms with E-state index in [0.29, 0.717) is 32.2 Å². The maximum Gasteiger partial charge on any atom is 0.213 e. The summed E-state index contributed by atoms with van der Waals surface area (Å²) < 4.78 is 32.5. The van der Waals surface area contributed by atoms with E-state index in [0.717, 1.165) is 36.4 Å². The fourth-order valence-corrected chi connectivity index (χ4v) is 4.66. The molecule has 0 saturated carbocycles. The molecule has 2 heterocycles. The van der Waals surface area contributed by atoms with Gasteiger partial charge in [-0.2, -0.15) is 0 Å². The average Bonchev–Trinajstić information content (AvgIpc) is 2.98. The molecule has 1 aromatic heterocycles. The first kappa shape index (κ1) is 23.1. The zero-order chi connectivity index (χ0) is 20.4. The van der Waals surface area contributed by atoms with Crippen LogP contribution >= 0.6 is 11.3 Å². The van der Waals surface area contributed by atoms with Crippen LogP contribution < -0.4 is 15.4 Å². The lowest BCUT2D eigenvalue weighted by Crippen LogP contribution is -2.39. The van der Waals surface area contributed by atoms with Gasteiger partial charge in [0.2, 0.25) is 10.0 Å². The van der Waals surface area contributed by atoms with E-state index in [1.807, 2.05) is 13.8 Å². The van der Waals surface area contributed by atoms with Crippen molar-refractivity contribution in [1.82, 2.24) is 20.3 Å². The summed E-state index contributed by atoms with van der Waals surface area (Å²) in [5.41, 5.74) is 1.08. The smallest absolute Gasteiger partial charge is 0.213 e. The Labute approximate surface area is 172 Å². The Kier molecular flexibility index (Phi) is 9.63. The van der Waals surface area contributed by atoms with E-state index in [-0.39, 0.29) is 18.4 Å². The number of aliphatic imine (C=N–C) groups is 1. The monoisotopic (exact) mass is 431 g/mol. The minimum absolute atomic E-state index is 0.0100. The maximum atomic E-state index is 12.2. The minimum Gasteiger partial charge on any atom is -0.377 e. The Bertz CT molecular complexity index is 708. The molecule has 3 N–H and O–H groups in total. The normalized spacial score (nSPS) is 18.2. The van der Waals surface area contributed by atoms with Gasteiger partial charge in [-0.05, 0) is 40.0 Å². The molecule has 10 heteroatoms. The van der Waals surface area contributed by atoms with Gasteiger partial charge in [0.15, 0.2) is 5.96 Å². The predicted octanol–water partition coefficient (Wildman–Crippen LogP) is 1.35. The van der Waals surface area contributed by atoms with Crippen LogP contribution in [0.25, 0.3) is 0 Å². The second-order valence-corrected chi connectivity index (χ2v) is 10.1. The molecule has 1 saturated heterocycles. The van der Waals surface area contributed by atoms with E-state index in [1.165, 1.54) is 4.88 Å². The third kappa shape index (κ3) is 8.42. The first-order valence-electron chi connectivity index (χ1n) is 9.93. The molecule has 0 radical (unpaired) electrons. The Morgan fingerprint density at radius 1 is 1.32 bits per heavy atom. The quantitative estimate of drug-likeness (QED) is 0.381. The number of nitrogens with one attached hydrogen (secondary N) is 3. The van der Waals surface area contributed by atoms with E-state index < -0.39 is 10.0 Å². The van der Waals surface area contributed by atoms with Crippen LogP contribution in [-0.4, -0.2) is 64.0 Å². The fourth-order valence-electron chi connectivity index (χ4n) is 2.81. The molecule has 1 aliphatic heterocycles. The summed E-state index contributed by atoms with van der Waals surface area (Å²) in [4.78, 5) is 10.1. The SMILES string of the molecule is CCNC(=NCCS(=O)(=O)NCC1CCCCO1)NCCc1nc(C)c(C)s1. The van der Waals surface area contributed by atoms with Gasteiger partial charge >= 0.3 is 0 Å². The number of sulfonamides is 1. The van der Waals surface area contributed by atoms with Crippen molar-refractivity contribution in [3.8, 4) is 0 Å². The Morgan fingerprint density at radius 2 is 2.14 bits per heavy atom. The van der Waals surface area contributed by atoms with E-state index in [4.69, 9.17) is 4.74 Å². The van der Waals surface area contributed by atoms with Gasteiger partial charge in [0.25, 0.3) is 0 Å². The van der Waals surface area contributed by atoms with Gasteiger partial charge in [-0.1, -0.05) is 0 Å². The molecule has 1 unspecified atom stereocenters. The Hall–Kier alpha value is -1.23. The highest BCUT2D eigenvalue weighted by Gasteiger charge is 2.17. The van der Waals surface area contributed by atoms with Crippen LogP contribution in [0.3, 0.4) is 0 Å². The van der Waals surface area contributed by atoms with Crippen LogP contribution in [0.2, 0.25) is 0 Å². The van der Waals surface area contributed by atoms with Crippen LogP contribution in [0.1, 0.15) is 41.8 Å². The zero-order valence-electron chi connectivity index (χ0n) is 17.1. The molecule has 1 atom stereocenters. The summed E-state index contributed by atoms with van der Waals surface area (Å²) in [5, 5.41) is 7.47. The molecule has 0 amide bonds. The van der Waals surface area contributed by atoms with Crippen molar-refractivity contribution >= 4 is 27.3 Å². The maximum absolute atomic E-state index is 12.2. The number of nitrogens with zero attached hydrogens (tertiary/aromatic N) is 2. The number of ether oxygens (including phenoxy) is 1. The number of thiazole rings is 1. The summed E-state index contributed by atoms with van der Waals surface area (Å²) in [5.74, 6) is 0.583. The van der Waals surface area contributed by atoms with Crippen molar-refractivity contribution in [2.75, 3.05) is 38.5 Å². The van der Waals surface area contributed by atoms with E-state index in [2.05, 4.69) is 32.3 Å². The summed E-state index contributed by atoms with van der Waals surface area (Å²) in [6.07, 6.45) is 3.86. The van der Waals surface area contributed by atoms with Gasteiger partial charge in [0.1, 0.15) is 0 Å². The number of rotatable bonds is 10. The van der Waals surface area contributed by atoms with Gasteiger partial charge in [-0.3, -0.25) is 4.99 Å². The molecule has 8 nitrogen and oxygen atoms in total. The van der Waals surface area contributed by atoms with E-state index in [9.17, 15) is 8.42 Å². The van der Waals surface area contributed by atoms with Crippen LogP contribution in [0.15, 0.2) is 4.99 Å². The van der Waals surface area contributed by atoms with E-state index in [1.54, 1.807) is 11.3 Å². The summed E-state index contributed by atoms with van der Waals surface area (Å²) in [7, 11) is -3.36. The zero-order valence-corrected chi connectivity index (χ0v) is 18.7. The van der Waals surface area contributed by atoms with Crippen molar-refractivity contribution in [3.05, 3.63) is 15.6 Å². The third-order valence-electron chi connectivity index (χ3n) is 4.48. The van der Waals surface area contributed by atoms with Crippen LogP contribution in [0, 0.1) is 13.8 Å². The van der Waals surface area contributed by atoms with Gasteiger partial charge in [0.05, 0.1) is 29.1 Å². The number of guanidine groups is 1. The highest BCUT2D eigenvalue weighted by Crippen LogP contribution is 2.16. The van der Waals surface area contributed by atoms with Crippen molar-refractivity contribution < 1.29 is 13.2 Å². The predicted molar refractivity (Wildman–Crippen MR) is 115 cm³/mol. The number of hydrogen-bond donors (Lipinski definition) is 3. The van der Waals surface area contributed by atoms with E-state index >= 15 is 0 Å². The van der Waals surface area contributed by atoms with Crippen molar-refractivity contribution in [1.29, 1.82) is 0 Å². The number of aryl methyl sites for hydroxylation is 2. The topological polar surface area (TPSA) is 105 Å². The van der Waals surface area contributed by atoms with Crippen molar-refractivity contribution in [2.24, 2.45) is 4.99 Å². The van der Waals surface area contributed by atoms with Crippen molar-refractivity contribution in [3.63, 3.8) is 0 Å². The molecule has 1 fully saturated rings. The summed E-state index contributed by atoms with van der Waals surface area (Å²) >= 11 is 1.71. The molecule has 28 heavy (non-hydrogen) atoms. The Balaban J connectivity index is 1.73. The largest absolute Gasteiger partial charge is 0.377 e. The summed E-state index contributed by atoms with van der Waals surface area (Å²) in [6, 6.07) is 0. The number of hydrogen-bond acceptors (Lipinski definition) is 6. The molecule has 0 bridgehead atoms. The van der Waals surface area contributed by atoms with Gasteiger partial charge in [-0.15, -0.1) is 11.3 Å². The van der Waals surface area contributed by atoms with Gasteiger partial charge < -0.3 is 15.4 Å². The lowest BCUT2D eigenvalue weighted by atomic mass is 10.1. The second-order valence-electron chi connectivity index (χ2n) is 6.84. The van der Waals surface area contributed by atoms with Crippen LogP contribution in [-0.2, 0) is 21.2 Å². The molecule has 1 aliphatic rings. The molecule has 1 aromatic rings. The van der Waals surface area contributed by atoms with Gasteiger partial charge in [-0.25, -0.2) is 18.1 Å². The fraction of sp³-hybridized carbons (Fsp3) is 0.778.